The lowest BCUT2D eigenvalue weighted by molar-refractivity contribution is 0.337. The molecule has 1 aromatic carbocycles. The van der Waals surface area contributed by atoms with Crippen molar-refractivity contribution in [1.82, 2.24) is 5.32 Å². The Morgan fingerprint density at radius 1 is 1.28 bits per heavy atom. The standard InChI is InChI=1S/C15H24N2O/c1-4-18-14-8-6-5-7-13(14)17-12-11-16-10-9-15(17,2)3/h5-8,16H,4,9-12H2,1-3H3. The number of benzene rings is 1. The Morgan fingerprint density at radius 2 is 2.06 bits per heavy atom. The van der Waals surface area contributed by atoms with Crippen molar-refractivity contribution in [1.29, 1.82) is 0 Å². The van der Waals surface area contributed by atoms with Crippen LogP contribution < -0.4 is 15.0 Å². The van der Waals surface area contributed by atoms with Gasteiger partial charge in [-0.15, -0.1) is 0 Å². The van der Waals surface area contributed by atoms with E-state index in [4.69, 9.17) is 4.74 Å². The van der Waals surface area contributed by atoms with Crippen molar-refractivity contribution in [3.05, 3.63) is 24.3 Å². The second kappa shape index (κ2) is 5.61. The van der Waals surface area contributed by atoms with Gasteiger partial charge in [0.1, 0.15) is 5.75 Å². The lowest BCUT2D eigenvalue weighted by atomic mass is 9.97. The molecule has 1 aliphatic heterocycles. The van der Waals surface area contributed by atoms with Gasteiger partial charge in [0.15, 0.2) is 0 Å². The van der Waals surface area contributed by atoms with E-state index in [0.29, 0.717) is 6.61 Å². The number of hydrogen-bond acceptors (Lipinski definition) is 3. The molecule has 1 heterocycles. The lowest BCUT2D eigenvalue weighted by Gasteiger charge is -2.39. The SMILES string of the molecule is CCOc1ccccc1N1CCNCCC1(C)C. The first-order valence-corrected chi connectivity index (χ1v) is 6.85. The molecule has 0 amide bonds. The summed E-state index contributed by atoms with van der Waals surface area (Å²) in [5, 5.41) is 3.47. The Bertz CT molecular complexity index is 390. The summed E-state index contributed by atoms with van der Waals surface area (Å²) in [5.74, 6) is 0.995. The Hall–Kier alpha value is -1.22. The van der Waals surface area contributed by atoms with E-state index in [-0.39, 0.29) is 5.54 Å². The van der Waals surface area contributed by atoms with Gasteiger partial charge >= 0.3 is 0 Å². The van der Waals surface area contributed by atoms with E-state index in [1.54, 1.807) is 0 Å². The van der Waals surface area contributed by atoms with Crippen LogP contribution in [0.3, 0.4) is 0 Å². The van der Waals surface area contributed by atoms with Crippen molar-refractivity contribution in [2.24, 2.45) is 0 Å². The topological polar surface area (TPSA) is 24.5 Å². The van der Waals surface area contributed by atoms with Crippen LogP contribution in [0.25, 0.3) is 0 Å². The van der Waals surface area contributed by atoms with Crippen molar-refractivity contribution in [3.63, 3.8) is 0 Å². The van der Waals surface area contributed by atoms with Crippen LogP contribution in [0.4, 0.5) is 5.69 Å². The molecule has 2 rings (SSSR count). The molecule has 0 aromatic heterocycles. The zero-order valence-corrected chi connectivity index (χ0v) is 11.7. The van der Waals surface area contributed by atoms with Crippen molar-refractivity contribution < 1.29 is 4.74 Å². The van der Waals surface area contributed by atoms with E-state index < -0.39 is 0 Å². The monoisotopic (exact) mass is 248 g/mol. The van der Waals surface area contributed by atoms with Gasteiger partial charge in [0, 0.05) is 18.6 Å². The van der Waals surface area contributed by atoms with Crippen LogP contribution >= 0.6 is 0 Å². The molecule has 0 aliphatic carbocycles. The number of hydrogen-bond donors (Lipinski definition) is 1. The zero-order valence-electron chi connectivity index (χ0n) is 11.7. The molecule has 100 valence electrons. The fourth-order valence-electron chi connectivity index (χ4n) is 2.55. The highest BCUT2D eigenvalue weighted by atomic mass is 16.5. The fraction of sp³-hybridized carbons (Fsp3) is 0.600. The number of nitrogens with zero attached hydrogens (tertiary/aromatic N) is 1. The third-order valence-electron chi connectivity index (χ3n) is 3.61. The van der Waals surface area contributed by atoms with Crippen LogP contribution in [-0.2, 0) is 0 Å². The van der Waals surface area contributed by atoms with Crippen LogP contribution in [0.15, 0.2) is 24.3 Å². The van der Waals surface area contributed by atoms with Crippen molar-refractivity contribution in [3.8, 4) is 5.75 Å². The van der Waals surface area contributed by atoms with Crippen LogP contribution in [0, 0.1) is 0 Å². The van der Waals surface area contributed by atoms with E-state index >= 15 is 0 Å². The Labute approximate surface area is 110 Å². The molecule has 0 bridgehead atoms. The average Bonchev–Trinajstić information content (AvgIpc) is 2.51. The Balaban J connectivity index is 2.33. The van der Waals surface area contributed by atoms with Gasteiger partial charge in [-0.25, -0.2) is 0 Å². The van der Waals surface area contributed by atoms with E-state index in [2.05, 4.69) is 42.3 Å². The summed E-state index contributed by atoms with van der Waals surface area (Å²) in [6.45, 7) is 10.5. The summed E-state index contributed by atoms with van der Waals surface area (Å²) in [6.07, 6.45) is 1.15. The second-order valence-electron chi connectivity index (χ2n) is 5.36. The number of ether oxygens (including phenoxy) is 1. The number of rotatable bonds is 3. The van der Waals surface area contributed by atoms with E-state index in [1.165, 1.54) is 5.69 Å². The number of para-hydroxylation sites is 2. The van der Waals surface area contributed by atoms with Crippen LogP contribution in [0.2, 0.25) is 0 Å². The minimum Gasteiger partial charge on any atom is -0.492 e. The molecule has 0 unspecified atom stereocenters. The van der Waals surface area contributed by atoms with Gasteiger partial charge < -0.3 is 15.0 Å². The van der Waals surface area contributed by atoms with Gasteiger partial charge in [-0.05, 0) is 45.9 Å². The molecule has 0 spiro atoms. The zero-order chi connectivity index (χ0) is 13.0. The molecule has 1 N–H and O–H groups in total. The fourth-order valence-corrected chi connectivity index (χ4v) is 2.55. The molecule has 0 radical (unpaired) electrons. The highest BCUT2D eigenvalue weighted by Gasteiger charge is 2.29. The summed E-state index contributed by atoms with van der Waals surface area (Å²) < 4.78 is 5.76. The summed E-state index contributed by atoms with van der Waals surface area (Å²) in [6, 6.07) is 8.36. The largest absolute Gasteiger partial charge is 0.492 e. The van der Waals surface area contributed by atoms with E-state index in [9.17, 15) is 0 Å². The molecule has 3 nitrogen and oxygen atoms in total. The first kappa shape index (κ1) is 13.2. The summed E-state index contributed by atoms with van der Waals surface area (Å²) in [4.78, 5) is 2.47. The third kappa shape index (κ3) is 2.78. The second-order valence-corrected chi connectivity index (χ2v) is 5.36. The molecule has 1 fully saturated rings. The van der Waals surface area contributed by atoms with Crippen molar-refractivity contribution >= 4 is 5.69 Å². The third-order valence-corrected chi connectivity index (χ3v) is 3.61. The molecular weight excluding hydrogens is 224 g/mol. The van der Waals surface area contributed by atoms with Gasteiger partial charge in [-0.3, -0.25) is 0 Å². The summed E-state index contributed by atoms with van der Waals surface area (Å²) in [5.41, 5.74) is 1.38. The first-order valence-electron chi connectivity index (χ1n) is 6.85. The van der Waals surface area contributed by atoms with Crippen molar-refractivity contribution in [2.45, 2.75) is 32.7 Å². The maximum Gasteiger partial charge on any atom is 0.142 e. The molecule has 1 saturated heterocycles. The highest BCUT2D eigenvalue weighted by molar-refractivity contribution is 5.60. The maximum absolute atomic E-state index is 5.76. The van der Waals surface area contributed by atoms with Gasteiger partial charge in [0.05, 0.1) is 12.3 Å². The highest BCUT2D eigenvalue weighted by Crippen LogP contribution is 2.34. The molecule has 0 saturated carbocycles. The Kier molecular flexibility index (Phi) is 4.12. The molecule has 18 heavy (non-hydrogen) atoms. The smallest absolute Gasteiger partial charge is 0.142 e. The van der Waals surface area contributed by atoms with Gasteiger partial charge in [-0.2, -0.15) is 0 Å². The predicted octanol–water partition coefficient (Wildman–Crippen LogP) is 2.66. The predicted molar refractivity (Wildman–Crippen MR) is 76.5 cm³/mol. The molecule has 3 heteroatoms. The quantitative estimate of drug-likeness (QED) is 0.890. The van der Waals surface area contributed by atoms with Gasteiger partial charge in [0.25, 0.3) is 0 Å². The molecule has 1 aliphatic rings. The average molecular weight is 248 g/mol. The van der Waals surface area contributed by atoms with Gasteiger partial charge in [0.2, 0.25) is 0 Å². The van der Waals surface area contributed by atoms with Crippen LogP contribution in [0.1, 0.15) is 27.2 Å². The van der Waals surface area contributed by atoms with E-state index in [1.807, 2.05) is 13.0 Å². The van der Waals surface area contributed by atoms with Crippen LogP contribution in [-0.4, -0.2) is 31.8 Å². The molecule has 0 atom stereocenters. The lowest BCUT2D eigenvalue weighted by Crippen LogP contribution is -2.44. The minimum atomic E-state index is 0.163. The minimum absolute atomic E-state index is 0.163. The van der Waals surface area contributed by atoms with Crippen molar-refractivity contribution in [2.75, 3.05) is 31.1 Å². The maximum atomic E-state index is 5.76. The van der Waals surface area contributed by atoms with E-state index in [0.717, 1.165) is 31.8 Å². The first-order chi connectivity index (χ1) is 8.65. The van der Waals surface area contributed by atoms with Crippen LogP contribution in [0.5, 0.6) is 5.75 Å². The normalized spacial score (nSPS) is 19.4. The summed E-state index contributed by atoms with van der Waals surface area (Å²) >= 11 is 0. The molecular formula is C15H24N2O. The summed E-state index contributed by atoms with van der Waals surface area (Å²) in [7, 11) is 0. The Morgan fingerprint density at radius 3 is 2.83 bits per heavy atom. The number of anilines is 1. The van der Waals surface area contributed by atoms with Gasteiger partial charge in [-0.1, -0.05) is 12.1 Å². The number of nitrogens with one attached hydrogen (secondary N) is 1. The molecule has 1 aromatic rings.